The molecule has 427 valence electrons. The first-order valence-electron chi connectivity index (χ1n) is 47.0. The smallest absolute Gasteiger partial charge is 0 e. The van der Waals surface area contributed by atoms with Crippen molar-refractivity contribution in [3.8, 4) is 0 Å². The molecule has 0 aliphatic carbocycles. The fraction of sp³-hybridized carbons (Fsp3) is 0. The van der Waals surface area contributed by atoms with E-state index in [0.717, 1.165) is 0 Å². The summed E-state index contributed by atoms with van der Waals surface area (Å²) >= 11 is 0. The van der Waals surface area contributed by atoms with Crippen LogP contribution in [0.25, 0.3) is 0 Å². The van der Waals surface area contributed by atoms with Crippen LogP contribution in [0.15, 0.2) is 0 Å². The SMILES string of the molecule is [B]B([B])B(B([B])[B])B(B(B([B])[B])B([B])[B])B(B(B(B([B])[B])B([B])[B])B(B([B])[B])B([B])[B])B(B(B(B(B([B])[B])B([B])[B])B(B([B])[B])B([B])[B])B(B(B([B])[B])B([B])[B])B(B([B])[B])B([B])[B])B(B(B(B(B([B])[B])B([B])[B])B(B([B])[B])B([B])[B])B(B(B([B])[B])B([B])[B])B(B([B])[B])B([B])[B])B(B(B(B([B])[B])B([B])[B])B(B([B])[B])B([B])[B])B(B(B(B([B])[B])B([B])[B])B(B([B])[B])B([B])[B])B(B(B([B])[B])B([B])[B])B(B([B])[B])B([B])[B-]. The van der Waals surface area contributed by atoms with E-state index in [2.05, 4.69) is 0 Å². The highest BCUT2D eigenvalue weighted by Gasteiger charge is 2.73. The molecule has 0 aliphatic heterocycles. The van der Waals surface area contributed by atoms with Gasteiger partial charge in [-0.05, 0) is 414 Å². The topological polar surface area (TPSA) is 0 Å². The Hall–Kier alpha value is 9.22. The molecule has 0 nitrogen and oxygen atoms in total. The molecule has 0 saturated heterocycles. The van der Waals surface area contributed by atoms with Crippen molar-refractivity contribution in [2.75, 3.05) is 0 Å². The molecule has 0 aromatic carbocycles. The van der Waals surface area contributed by atoms with E-state index in [-0.39, 0.29) is 0 Å². The number of rotatable bonds is 69. The van der Waals surface area contributed by atoms with Crippen LogP contribution < -0.4 is 0 Å². The van der Waals surface area contributed by atoms with E-state index in [1.54, 1.807) is 0 Å². The van der Waals surface area contributed by atoms with Crippen LogP contribution in [0.5, 0.6) is 0 Å². The van der Waals surface area contributed by atoms with E-state index in [1.165, 1.54) is 0 Å². The van der Waals surface area contributed by atoms with Crippen molar-refractivity contribution in [3.63, 3.8) is 0 Å². The van der Waals surface area contributed by atoms with Gasteiger partial charge in [0.05, 0.1) is 0 Å². The molecule has 0 aromatic heterocycles. The number of hydrogen-bond donors (Lipinski definition) is 0. The lowest BCUT2D eigenvalue weighted by atomic mass is 8.16. The van der Waals surface area contributed by atoms with Crippen LogP contribution in [0.2, 0.25) is 0 Å². The fourth-order valence-corrected chi connectivity index (χ4v) is 26.2. The monoisotopic (exact) mass is 1560 g/mol. The van der Waals surface area contributed by atoms with Crippen molar-refractivity contribution in [2.24, 2.45) is 0 Å². The average molecular weight is 1540 g/mol. The van der Waals surface area contributed by atoms with Gasteiger partial charge in [-0.1, -0.05) is 0 Å². The second kappa shape index (κ2) is 69.6. The van der Waals surface area contributed by atoms with E-state index in [0.29, 0.717) is 0 Å². The van der Waals surface area contributed by atoms with Crippen molar-refractivity contribution in [1.29, 1.82) is 0 Å². The Balaban J connectivity index is 18.5. The molecule has 0 aromatic rings. The van der Waals surface area contributed by atoms with Gasteiger partial charge in [-0.2, -0.15) is 0 Å². The summed E-state index contributed by atoms with van der Waals surface area (Å²) in [6, 6.07) is 0. The zero-order chi connectivity index (χ0) is 112. The Morgan fingerprint density at radius 2 is 0.0915 bits per heavy atom. The minimum atomic E-state index is -3.06. The Morgan fingerprint density at radius 3 is 0.127 bits per heavy atom. The van der Waals surface area contributed by atoms with Crippen LogP contribution in [0.4, 0.5) is 0 Å². The highest BCUT2D eigenvalue weighted by molar-refractivity contribution is 8.48. The molecular formula is B142-. The maximum atomic E-state index is 7.66. The maximum Gasteiger partial charge on any atom is 0 e. The Morgan fingerprint density at radius 1 is 0.0563 bits per heavy atom. The summed E-state index contributed by atoms with van der Waals surface area (Å²) in [6.45, 7) is 0. The first kappa shape index (κ1) is 151. The summed E-state index contributed by atoms with van der Waals surface area (Å²) in [5, 5.41) is 0. The molecule has 0 bridgehead atoms. The Bertz CT molecular complexity index is 2450. The first-order chi connectivity index (χ1) is 64.6. The molecule has 142 heteroatoms. The second-order valence-corrected chi connectivity index (χ2v) is 40.4. The zero-order valence-electron chi connectivity index (χ0n) is 82.0. The van der Waals surface area contributed by atoms with E-state index in [1.807, 2.05) is 0 Å². The van der Waals surface area contributed by atoms with Crippen LogP contribution in [0, 0.1) is 0 Å². The van der Waals surface area contributed by atoms with Gasteiger partial charge in [0.25, 0.3) is 0 Å². The molecule has 145 radical (unpaired) electrons. The van der Waals surface area contributed by atoms with Crippen LogP contribution in [-0.2, 0) is 0 Å². The van der Waals surface area contributed by atoms with Crippen molar-refractivity contribution in [1.82, 2.24) is 0 Å². The zero-order valence-corrected chi connectivity index (χ0v) is 82.0. The summed E-state index contributed by atoms with van der Waals surface area (Å²) in [4.78, 5) is 0. The number of hydrogen-bond acceptors (Lipinski definition) is 0. The van der Waals surface area contributed by atoms with Gasteiger partial charge in [-0.3, -0.25) is 0 Å². The van der Waals surface area contributed by atoms with Gasteiger partial charge in [-0.25, -0.2) is 6.39 Å². The Labute approximate surface area is 992 Å². The van der Waals surface area contributed by atoms with Crippen LogP contribution in [0.1, 0.15) is 0 Å². The Kier molecular flexibility index (Phi) is 74.1. The molecule has 0 N–H and O–H groups in total. The maximum absolute atomic E-state index is 7.66. The van der Waals surface area contributed by atoms with Gasteiger partial charge < -0.3 is 7.74 Å². The molecular weight excluding hydrogens is 1540 g/mol. The molecule has 0 spiro atoms. The average Bonchev–Trinajstić information content (AvgIpc) is 0.694. The molecule has 0 saturated carbocycles. The molecule has 0 amide bonds. The second-order valence-electron chi connectivity index (χ2n) is 40.4. The third-order valence-corrected chi connectivity index (χ3v) is 30.7. The third-order valence-electron chi connectivity index (χ3n) is 30.7. The van der Waals surface area contributed by atoms with E-state index in [9.17, 15) is 0 Å². The molecule has 0 unspecified atom stereocenters. The summed E-state index contributed by atoms with van der Waals surface area (Å²) < 4.78 is 0. The molecule has 0 fully saturated rings. The minimum Gasteiger partial charge on any atom is -0.687 e. The van der Waals surface area contributed by atoms with Crippen molar-refractivity contribution < 1.29 is 0 Å². The quantitative estimate of drug-likeness (QED) is 0.0533. The summed E-state index contributed by atoms with van der Waals surface area (Å²) in [7, 11) is 544. The molecule has 142 heavy (non-hydrogen) atoms. The van der Waals surface area contributed by atoms with Gasteiger partial charge >= 0.3 is 0 Å². The molecule has 0 atom stereocenters. The van der Waals surface area contributed by atoms with Gasteiger partial charge in [0.2, 0.25) is 0 Å². The normalized spacial score (nSPS) is 9.89. The highest BCUT2D eigenvalue weighted by atomic mass is 13.5. The van der Waals surface area contributed by atoms with Crippen LogP contribution in [-0.4, -0.2) is 1000 Å². The van der Waals surface area contributed by atoms with Gasteiger partial charge in [-0.15, -0.1) is 0 Å². The first-order valence-corrected chi connectivity index (χ1v) is 47.0. The van der Waals surface area contributed by atoms with Crippen molar-refractivity contribution in [2.45, 2.75) is 0 Å². The van der Waals surface area contributed by atoms with E-state index in [4.69, 9.17) is 557 Å². The summed E-state index contributed by atoms with van der Waals surface area (Å²) in [6.07, 6.45) is -162. The molecule has 0 aliphatic rings. The van der Waals surface area contributed by atoms with E-state index >= 15 is 0 Å². The molecule has 0 rings (SSSR count). The standard InChI is InChI=1S/B142/c1-73(2)109(74(3)4)127(110(75(5)6)76(7)8)136(128(111(77(9)10)78(11)12)112(79(13)14)80(15)16)140(135(125(105(65)66)106(67)68)126(107(69)70)108(71)72)142(139(133(121(97(49)50)98(51)52)122(99(53)54)100(55)56)134(123(101(57)58)102(59)60)124(103(61)62)104(63)64)141(137(129(113(81(17)18)82(19)20)114(83(21)22)84(23)24)130(115(85(25)26)86(27)28)116(87(29)30)88(31)32)138(131(117(89(33)34)90(35)36)118(91(37)38)92(39)40)132(119(93(41)42)94(43)44)120(95(45)46)96(47)48/q-1. The largest absolute Gasteiger partial charge is 0.687 e. The fourth-order valence-electron chi connectivity index (χ4n) is 26.2. The third kappa shape index (κ3) is 40.3. The van der Waals surface area contributed by atoms with Gasteiger partial charge in [0.15, 0.2) is 0 Å². The predicted molar refractivity (Wildman–Crippen MR) is 817 cm³/mol. The highest BCUT2D eigenvalue weighted by Crippen LogP contribution is 2.35. The van der Waals surface area contributed by atoms with Gasteiger partial charge in [0.1, 0.15) is 0 Å². The van der Waals surface area contributed by atoms with Crippen LogP contribution in [0.3, 0.4) is 0 Å². The van der Waals surface area contributed by atoms with E-state index < -0.39 is 447 Å². The van der Waals surface area contributed by atoms with Crippen molar-refractivity contribution in [3.05, 3.63) is 0 Å². The lowest BCUT2D eigenvalue weighted by Crippen LogP contribution is -3.03. The minimum absolute atomic E-state index is 2.17. The predicted octanol–water partition coefficient (Wildman–Crippen LogP) is -54.1. The van der Waals surface area contributed by atoms with Gasteiger partial charge in [0, 0.05) is 576 Å². The van der Waals surface area contributed by atoms with Crippen LogP contribution >= 0.6 is 0 Å². The summed E-state index contributed by atoms with van der Waals surface area (Å²) in [5.41, 5.74) is 0. The summed E-state index contributed by atoms with van der Waals surface area (Å²) in [5.74, 6) is 0. The lowest BCUT2D eigenvalue weighted by molar-refractivity contribution is 3.10. The van der Waals surface area contributed by atoms with Crippen molar-refractivity contribution >= 4 is 1000 Å². The lowest BCUT2D eigenvalue weighted by Gasteiger charge is -2.66. The molecule has 0 heterocycles.